The fraction of sp³-hybridized carbons (Fsp3) is 0.158. The number of nitrogens with zero attached hydrogens (tertiary/aromatic N) is 2. The van der Waals surface area contributed by atoms with Crippen molar-refractivity contribution in [2.75, 3.05) is 4.90 Å². The van der Waals surface area contributed by atoms with Crippen molar-refractivity contribution in [3.05, 3.63) is 84.6 Å². The molecule has 1 aromatic carbocycles. The van der Waals surface area contributed by atoms with E-state index in [1.165, 1.54) is 0 Å². The second kappa shape index (κ2) is 7.40. The van der Waals surface area contributed by atoms with Gasteiger partial charge in [-0.1, -0.05) is 18.2 Å². The molecule has 0 bridgehead atoms. The third-order valence-electron chi connectivity index (χ3n) is 3.64. The Bertz CT molecular complexity index is 725. The van der Waals surface area contributed by atoms with Crippen LogP contribution in [0.15, 0.2) is 77.7 Å². The lowest BCUT2D eigenvalue weighted by Gasteiger charge is -2.22. The van der Waals surface area contributed by atoms with Gasteiger partial charge in [-0.25, -0.2) is 0 Å². The van der Waals surface area contributed by atoms with Gasteiger partial charge in [-0.2, -0.15) is 0 Å². The van der Waals surface area contributed by atoms with Gasteiger partial charge < -0.3 is 9.32 Å². The minimum atomic E-state index is 0.0735. The van der Waals surface area contributed by atoms with E-state index in [0.717, 1.165) is 17.0 Å². The molecular weight excluding hydrogens is 288 g/mol. The molecule has 116 valence electrons. The standard InChI is InChI=1S/C19H18N2O2/c22-19(9-8-16-10-12-20-13-11-16)21(15-18-7-4-14-23-18)17-5-2-1-3-6-17/h1-7,10-14H,8-9,15H2. The van der Waals surface area contributed by atoms with Crippen LogP contribution in [0.25, 0.3) is 0 Å². The molecule has 2 aromatic heterocycles. The number of hydrogen-bond donors (Lipinski definition) is 0. The van der Waals surface area contributed by atoms with Gasteiger partial charge in [0.2, 0.25) is 5.91 Å². The fourth-order valence-electron chi connectivity index (χ4n) is 2.43. The number of para-hydroxylation sites is 1. The molecule has 0 saturated carbocycles. The molecule has 0 aliphatic carbocycles. The van der Waals surface area contributed by atoms with E-state index in [-0.39, 0.29) is 5.91 Å². The number of pyridine rings is 1. The highest BCUT2D eigenvalue weighted by Gasteiger charge is 2.17. The van der Waals surface area contributed by atoms with E-state index in [2.05, 4.69) is 4.98 Å². The molecule has 23 heavy (non-hydrogen) atoms. The molecule has 3 rings (SSSR count). The number of furan rings is 1. The molecule has 2 heterocycles. The normalized spacial score (nSPS) is 10.4. The Morgan fingerprint density at radius 1 is 1.00 bits per heavy atom. The minimum absolute atomic E-state index is 0.0735. The lowest BCUT2D eigenvalue weighted by Crippen LogP contribution is -2.30. The Morgan fingerprint density at radius 2 is 1.78 bits per heavy atom. The Morgan fingerprint density at radius 3 is 2.48 bits per heavy atom. The Balaban J connectivity index is 1.73. The summed E-state index contributed by atoms with van der Waals surface area (Å²) < 4.78 is 5.40. The number of carbonyl (C=O) groups is 1. The smallest absolute Gasteiger partial charge is 0.227 e. The van der Waals surface area contributed by atoms with Gasteiger partial charge in [-0.3, -0.25) is 9.78 Å². The number of aromatic nitrogens is 1. The number of aryl methyl sites for hydroxylation is 1. The molecule has 4 heteroatoms. The topological polar surface area (TPSA) is 46.3 Å². The first kappa shape index (κ1) is 15.0. The summed E-state index contributed by atoms with van der Waals surface area (Å²) in [6, 6.07) is 17.3. The largest absolute Gasteiger partial charge is 0.467 e. The summed E-state index contributed by atoms with van der Waals surface area (Å²) in [6.45, 7) is 0.437. The number of benzene rings is 1. The summed E-state index contributed by atoms with van der Waals surface area (Å²) in [5, 5.41) is 0. The van der Waals surface area contributed by atoms with Gasteiger partial charge in [-0.15, -0.1) is 0 Å². The highest BCUT2D eigenvalue weighted by molar-refractivity contribution is 5.93. The van der Waals surface area contributed by atoms with E-state index in [0.29, 0.717) is 19.4 Å². The molecule has 0 aliphatic heterocycles. The second-order valence-electron chi connectivity index (χ2n) is 5.25. The lowest BCUT2D eigenvalue weighted by molar-refractivity contribution is -0.118. The van der Waals surface area contributed by atoms with Crippen LogP contribution in [0.5, 0.6) is 0 Å². The van der Waals surface area contributed by atoms with Gasteiger partial charge in [0.25, 0.3) is 0 Å². The van der Waals surface area contributed by atoms with Crippen LogP contribution in [0.4, 0.5) is 5.69 Å². The van der Waals surface area contributed by atoms with Crippen LogP contribution >= 0.6 is 0 Å². The highest BCUT2D eigenvalue weighted by atomic mass is 16.3. The van der Waals surface area contributed by atoms with Crippen molar-refractivity contribution >= 4 is 11.6 Å². The first-order valence-corrected chi connectivity index (χ1v) is 7.59. The van der Waals surface area contributed by atoms with Crippen molar-refractivity contribution in [1.29, 1.82) is 0 Å². The van der Waals surface area contributed by atoms with Crippen LogP contribution in [0.1, 0.15) is 17.7 Å². The molecule has 0 fully saturated rings. The van der Waals surface area contributed by atoms with Crippen LogP contribution in [0, 0.1) is 0 Å². The monoisotopic (exact) mass is 306 g/mol. The van der Waals surface area contributed by atoms with Crippen LogP contribution in [0.3, 0.4) is 0 Å². The quantitative estimate of drug-likeness (QED) is 0.695. The maximum absolute atomic E-state index is 12.7. The van der Waals surface area contributed by atoms with E-state index in [9.17, 15) is 4.79 Å². The van der Waals surface area contributed by atoms with E-state index in [1.54, 1.807) is 23.6 Å². The number of rotatable bonds is 6. The van der Waals surface area contributed by atoms with Crippen molar-refractivity contribution in [1.82, 2.24) is 4.98 Å². The molecule has 0 saturated heterocycles. The molecule has 0 spiro atoms. The first-order chi connectivity index (χ1) is 11.3. The molecule has 0 atom stereocenters. The molecule has 0 unspecified atom stereocenters. The summed E-state index contributed by atoms with van der Waals surface area (Å²) in [4.78, 5) is 18.5. The zero-order valence-corrected chi connectivity index (χ0v) is 12.8. The van der Waals surface area contributed by atoms with Crippen molar-refractivity contribution in [3.8, 4) is 0 Å². The van der Waals surface area contributed by atoms with Gasteiger partial charge in [0, 0.05) is 24.5 Å². The van der Waals surface area contributed by atoms with E-state index < -0.39 is 0 Å². The number of anilines is 1. The van der Waals surface area contributed by atoms with Gasteiger partial charge in [0.1, 0.15) is 5.76 Å². The van der Waals surface area contributed by atoms with Gasteiger partial charge in [0.15, 0.2) is 0 Å². The van der Waals surface area contributed by atoms with Crippen molar-refractivity contribution in [3.63, 3.8) is 0 Å². The molecule has 0 N–H and O–H groups in total. The third-order valence-corrected chi connectivity index (χ3v) is 3.64. The molecular formula is C19H18N2O2. The van der Waals surface area contributed by atoms with Gasteiger partial charge in [0.05, 0.1) is 12.8 Å². The van der Waals surface area contributed by atoms with Crippen LogP contribution in [0.2, 0.25) is 0 Å². The lowest BCUT2D eigenvalue weighted by atomic mass is 10.1. The Labute approximate surface area is 135 Å². The summed E-state index contributed by atoms with van der Waals surface area (Å²) in [5.41, 5.74) is 1.99. The average Bonchev–Trinajstić information content (AvgIpc) is 3.12. The van der Waals surface area contributed by atoms with Crippen molar-refractivity contribution < 1.29 is 9.21 Å². The van der Waals surface area contributed by atoms with Gasteiger partial charge >= 0.3 is 0 Å². The maximum Gasteiger partial charge on any atom is 0.227 e. The van der Waals surface area contributed by atoms with Crippen LogP contribution in [-0.2, 0) is 17.8 Å². The molecule has 3 aromatic rings. The third kappa shape index (κ3) is 4.07. The zero-order chi connectivity index (χ0) is 15.9. The number of amides is 1. The molecule has 1 amide bonds. The number of carbonyl (C=O) groups excluding carboxylic acids is 1. The van der Waals surface area contributed by atoms with Crippen LogP contribution in [-0.4, -0.2) is 10.9 Å². The summed E-state index contributed by atoms with van der Waals surface area (Å²) >= 11 is 0. The molecule has 4 nitrogen and oxygen atoms in total. The van der Waals surface area contributed by atoms with Crippen molar-refractivity contribution in [2.45, 2.75) is 19.4 Å². The van der Waals surface area contributed by atoms with Crippen molar-refractivity contribution in [2.24, 2.45) is 0 Å². The highest BCUT2D eigenvalue weighted by Crippen LogP contribution is 2.19. The fourth-order valence-corrected chi connectivity index (χ4v) is 2.43. The minimum Gasteiger partial charge on any atom is -0.467 e. The molecule has 0 aliphatic rings. The van der Waals surface area contributed by atoms with Gasteiger partial charge in [-0.05, 0) is 48.4 Å². The van der Waals surface area contributed by atoms with Crippen LogP contribution < -0.4 is 4.90 Å². The molecule has 0 radical (unpaired) electrons. The SMILES string of the molecule is O=C(CCc1ccncc1)N(Cc1ccco1)c1ccccc1. The number of hydrogen-bond acceptors (Lipinski definition) is 3. The average molecular weight is 306 g/mol. The first-order valence-electron chi connectivity index (χ1n) is 7.59. The second-order valence-corrected chi connectivity index (χ2v) is 5.25. The summed E-state index contributed by atoms with van der Waals surface area (Å²) in [7, 11) is 0. The summed E-state index contributed by atoms with van der Waals surface area (Å²) in [6.07, 6.45) is 6.26. The van der Waals surface area contributed by atoms with E-state index in [1.807, 2.05) is 54.6 Å². The van der Waals surface area contributed by atoms with E-state index in [4.69, 9.17) is 4.42 Å². The Kier molecular flexibility index (Phi) is 4.84. The van der Waals surface area contributed by atoms with E-state index >= 15 is 0 Å². The predicted molar refractivity (Wildman–Crippen MR) is 88.9 cm³/mol. The maximum atomic E-state index is 12.7. The predicted octanol–water partition coefficient (Wildman–Crippen LogP) is 3.84. The zero-order valence-electron chi connectivity index (χ0n) is 12.8. The Hall–Kier alpha value is -2.88. The summed E-state index contributed by atoms with van der Waals surface area (Å²) in [5.74, 6) is 0.843.